The van der Waals surface area contributed by atoms with Gasteiger partial charge in [-0.25, -0.2) is 19.6 Å². The minimum atomic E-state index is -1.64. The van der Waals surface area contributed by atoms with Gasteiger partial charge in [0.2, 0.25) is 5.60 Å². The van der Waals surface area contributed by atoms with Gasteiger partial charge in [0.25, 0.3) is 11.8 Å². The van der Waals surface area contributed by atoms with Crippen molar-refractivity contribution in [1.29, 1.82) is 0 Å². The Hall–Kier alpha value is -4.03. The Kier molecular flexibility index (Phi) is 5.23. The molecule has 156 valence electrons. The van der Waals surface area contributed by atoms with Crippen molar-refractivity contribution in [1.82, 2.24) is 24.5 Å². The van der Waals surface area contributed by atoms with E-state index in [9.17, 15) is 14.7 Å². The van der Waals surface area contributed by atoms with Crippen molar-refractivity contribution in [3.8, 4) is 23.1 Å². The molecule has 3 heterocycles. The SMILES string of the molecule is Cc1nc(-c2cccc(C#C[C@]3(O)CCN(C)C3=O)c2)cn1NC(=O)c1ccncn1. The van der Waals surface area contributed by atoms with Crippen LogP contribution in [0.3, 0.4) is 0 Å². The van der Waals surface area contributed by atoms with Crippen LogP contribution in [-0.2, 0) is 4.79 Å². The number of likely N-dealkylation sites (tertiary alicyclic amines) is 1. The molecule has 1 saturated heterocycles. The van der Waals surface area contributed by atoms with Gasteiger partial charge in [-0.05, 0) is 25.1 Å². The van der Waals surface area contributed by atoms with Crippen LogP contribution in [-0.4, -0.2) is 60.6 Å². The number of imidazole rings is 1. The van der Waals surface area contributed by atoms with Crippen molar-refractivity contribution >= 4 is 11.8 Å². The largest absolute Gasteiger partial charge is 0.369 e. The topological polar surface area (TPSA) is 113 Å². The third-order valence-corrected chi connectivity index (χ3v) is 5.00. The Morgan fingerprint density at radius 2 is 2.16 bits per heavy atom. The fraction of sp³-hybridized carbons (Fsp3) is 0.227. The van der Waals surface area contributed by atoms with Crippen LogP contribution in [0.4, 0.5) is 0 Å². The first-order chi connectivity index (χ1) is 14.9. The third kappa shape index (κ3) is 4.15. The third-order valence-electron chi connectivity index (χ3n) is 5.00. The Bertz CT molecular complexity index is 1210. The summed E-state index contributed by atoms with van der Waals surface area (Å²) in [6.45, 7) is 2.24. The van der Waals surface area contributed by atoms with E-state index < -0.39 is 5.60 Å². The Morgan fingerprint density at radius 1 is 1.32 bits per heavy atom. The van der Waals surface area contributed by atoms with E-state index in [0.717, 1.165) is 5.56 Å². The van der Waals surface area contributed by atoms with Gasteiger partial charge in [-0.1, -0.05) is 24.0 Å². The van der Waals surface area contributed by atoms with Gasteiger partial charge in [0.1, 0.15) is 17.8 Å². The zero-order valence-electron chi connectivity index (χ0n) is 17.0. The Morgan fingerprint density at radius 3 is 2.87 bits per heavy atom. The summed E-state index contributed by atoms with van der Waals surface area (Å²) in [5.74, 6) is 5.43. The van der Waals surface area contributed by atoms with Crippen molar-refractivity contribution in [2.45, 2.75) is 18.9 Å². The molecule has 3 aromatic rings. The number of hydrogen-bond acceptors (Lipinski definition) is 6. The van der Waals surface area contributed by atoms with Crippen molar-refractivity contribution < 1.29 is 14.7 Å². The molecule has 0 unspecified atom stereocenters. The van der Waals surface area contributed by atoms with Crippen LogP contribution in [0, 0.1) is 18.8 Å². The summed E-state index contributed by atoms with van der Waals surface area (Å²) in [6.07, 6.45) is 4.78. The summed E-state index contributed by atoms with van der Waals surface area (Å²) in [5.41, 5.74) is 3.39. The predicted octanol–water partition coefficient (Wildman–Crippen LogP) is 0.977. The highest BCUT2D eigenvalue weighted by molar-refractivity contribution is 5.98. The van der Waals surface area contributed by atoms with Gasteiger partial charge < -0.3 is 10.0 Å². The fourth-order valence-corrected chi connectivity index (χ4v) is 3.22. The molecular weight excluding hydrogens is 396 g/mol. The number of amides is 2. The van der Waals surface area contributed by atoms with Crippen molar-refractivity contribution in [3.05, 3.63) is 66.1 Å². The number of hydrogen-bond donors (Lipinski definition) is 2. The van der Waals surface area contributed by atoms with Gasteiger partial charge in [-0.3, -0.25) is 15.0 Å². The maximum atomic E-state index is 12.3. The average Bonchev–Trinajstić information content (AvgIpc) is 3.28. The highest BCUT2D eigenvalue weighted by Crippen LogP contribution is 2.22. The van der Waals surface area contributed by atoms with E-state index in [-0.39, 0.29) is 23.9 Å². The van der Waals surface area contributed by atoms with E-state index in [2.05, 4.69) is 32.2 Å². The van der Waals surface area contributed by atoms with Crippen molar-refractivity contribution in [3.63, 3.8) is 0 Å². The van der Waals surface area contributed by atoms with Crippen molar-refractivity contribution in [2.24, 2.45) is 0 Å². The molecule has 1 aromatic carbocycles. The van der Waals surface area contributed by atoms with E-state index in [0.29, 0.717) is 23.6 Å². The maximum Gasteiger partial charge on any atom is 0.288 e. The number of carbonyl (C=O) groups excluding carboxylic acids is 2. The molecule has 1 aliphatic heterocycles. The lowest BCUT2D eigenvalue weighted by Gasteiger charge is -2.13. The normalized spacial score (nSPS) is 17.9. The number of rotatable bonds is 3. The molecule has 0 aliphatic carbocycles. The quantitative estimate of drug-likeness (QED) is 0.616. The van der Waals surface area contributed by atoms with Crippen LogP contribution in [0.25, 0.3) is 11.3 Å². The lowest BCUT2D eigenvalue weighted by atomic mass is 10.0. The highest BCUT2D eigenvalue weighted by atomic mass is 16.3. The molecule has 0 saturated carbocycles. The fourth-order valence-electron chi connectivity index (χ4n) is 3.22. The molecule has 1 fully saturated rings. The summed E-state index contributed by atoms with van der Waals surface area (Å²) in [4.78, 5) is 38.1. The van der Waals surface area contributed by atoms with E-state index in [1.165, 1.54) is 28.2 Å². The van der Waals surface area contributed by atoms with E-state index in [4.69, 9.17) is 0 Å². The predicted molar refractivity (Wildman–Crippen MR) is 112 cm³/mol. The summed E-state index contributed by atoms with van der Waals surface area (Å²) in [5, 5.41) is 10.5. The second-order valence-corrected chi connectivity index (χ2v) is 7.25. The molecule has 2 aromatic heterocycles. The molecule has 9 heteroatoms. The van der Waals surface area contributed by atoms with Crippen LogP contribution >= 0.6 is 0 Å². The van der Waals surface area contributed by atoms with Crippen LogP contribution in [0.5, 0.6) is 0 Å². The minimum absolute atomic E-state index is 0.243. The standard InChI is InChI=1S/C22H20N6O3/c1-15-25-19(13-28(15)26-20(29)18-7-10-23-14-24-18)17-5-3-4-16(12-17)6-8-22(31)9-11-27(2)21(22)30/h3-5,7,10,12-14,31H,9,11H2,1-2H3,(H,26,29)/t22-/m0/s1. The smallest absolute Gasteiger partial charge is 0.288 e. The number of aromatic nitrogens is 4. The molecular formula is C22H20N6O3. The van der Waals surface area contributed by atoms with Gasteiger partial charge in [0.05, 0.1) is 11.9 Å². The summed E-state index contributed by atoms with van der Waals surface area (Å²) in [6, 6.07) is 8.82. The molecule has 0 bridgehead atoms. The molecule has 1 aliphatic rings. The highest BCUT2D eigenvalue weighted by Gasteiger charge is 2.42. The van der Waals surface area contributed by atoms with E-state index >= 15 is 0 Å². The lowest BCUT2D eigenvalue weighted by Crippen LogP contribution is -2.37. The molecule has 2 N–H and O–H groups in total. The van der Waals surface area contributed by atoms with Crippen LogP contribution in [0.15, 0.2) is 49.1 Å². The van der Waals surface area contributed by atoms with Gasteiger partial charge >= 0.3 is 0 Å². The number of aliphatic hydroxyl groups is 1. The molecule has 0 spiro atoms. The number of nitrogens with zero attached hydrogens (tertiary/aromatic N) is 5. The second-order valence-electron chi connectivity index (χ2n) is 7.25. The Balaban J connectivity index is 1.55. The molecule has 9 nitrogen and oxygen atoms in total. The number of benzene rings is 1. The van der Waals surface area contributed by atoms with E-state index in [1.54, 1.807) is 26.2 Å². The van der Waals surface area contributed by atoms with Gasteiger partial charge in [-0.2, -0.15) is 0 Å². The zero-order chi connectivity index (χ0) is 22.0. The summed E-state index contributed by atoms with van der Waals surface area (Å²) >= 11 is 0. The van der Waals surface area contributed by atoms with Gasteiger partial charge in [0, 0.05) is 37.3 Å². The molecule has 2 amide bonds. The number of carbonyl (C=O) groups is 2. The first-order valence-electron chi connectivity index (χ1n) is 9.61. The first kappa shape index (κ1) is 20.3. The van der Waals surface area contributed by atoms with Crippen LogP contribution in [0.1, 0.15) is 28.3 Å². The number of nitrogens with one attached hydrogen (secondary N) is 1. The maximum absolute atomic E-state index is 12.3. The summed E-state index contributed by atoms with van der Waals surface area (Å²) < 4.78 is 1.52. The van der Waals surface area contributed by atoms with Gasteiger partial charge in [0.15, 0.2) is 0 Å². The molecule has 31 heavy (non-hydrogen) atoms. The van der Waals surface area contributed by atoms with Crippen LogP contribution in [0.2, 0.25) is 0 Å². The second kappa shape index (κ2) is 8.01. The molecule has 4 rings (SSSR count). The Labute approximate surface area is 178 Å². The zero-order valence-corrected chi connectivity index (χ0v) is 17.0. The van der Waals surface area contributed by atoms with Crippen molar-refractivity contribution in [2.75, 3.05) is 19.0 Å². The molecule has 1 atom stereocenters. The monoisotopic (exact) mass is 416 g/mol. The summed E-state index contributed by atoms with van der Waals surface area (Å²) in [7, 11) is 1.64. The van der Waals surface area contributed by atoms with E-state index in [1.807, 2.05) is 18.2 Å². The minimum Gasteiger partial charge on any atom is -0.369 e. The number of aryl methyl sites for hydroxylation is 1. The lowest BCUT2D eigenvalue weighted by molar-refractivity contribution is -0.137. The van der Waals surface area contributed by atoms with Gasteiger partial charge in [-0.15, -0.1) is 0 Å². The number of likely N-dealkylation sites (N-methyl/N-ethyl adjacent to an activating group) is 1. The average molecular weight is 416 g/mol. The van der Waals surface area contributed by atoms with Crippen LogP contribution < -0.4 is 5.43 Å². The molecule has 0 radical (unpaired) electrons. The first-order valence-corrected chi connectivity index (χ1v) is 9.61.